The van der Waals surface area contributed by atoms with Gasteiger partial charge in [-0.1, -0.05) is 6.92 Å². The molecule has 2 N–H and O–H groups in total. The third kappa shape index (κ3) is 3.87. The summed E-state index contributed by atoms with van der Waals surface area (Å²) in [5.74, 6) is 0. The molecule has 4 nitrogen and oxygen atoms in total. The van der Waals surface area contributed by atoms with Gasteiger partial charge in [-0.15, -0.1) is 0 Å². The molecular formula is C14H27N3O. The monoisotopic (exact) mass is 253 g/mol. The first-order chi connectivity index (χ1) is 8.79. The van der Waals surface area contributed by atoms with Crippen molar-refractivity contribution in [3.8, 4) is 0 Å². The average molecular weight is 253 g/mol. The van der Waals surface area contributed by atoms with Gasteiger partial charge < -0.3 is 15.5 Å². The first-order valence-electron chi connectivity index (χ1n) is 7.58. The Balaban J connectivity index is 1.65. The van der Waals surface area contributed by atoms with Crippen LogP contribution < -0.4 is 10.6 Å². The van der Waals surface area contributed by atoms with E-state index in [-0.39, 0.29) is 6.03 Å². The number of carbonyl (C=O) groups excluding carboxylic acids is 1. The summed E-state index contributed by atoms with van der Waals surface area (Å²) in [4.78, 5) is 13.9. The molecule has 0 bridgehead atoms. The van der Waals surface area contributed by atoms with Crippen molar-refractivity contribution in [2.24, 2.45) is 0 Å². The molecule has 2 aliphatic rings. The molecule has 0 aromatic carbocycles. The van der Waals surface area contributed by atoms with Gasteiger partial charge in [0.05, 0.1) is 0 Å². The minimum Gasteiger partial charge on any atom is -0.335 e. The van der Waals surface area contributed by atoms with Crippen molar-refractivity contribution in [1.82, 2.24) is 15.5 Å². The summed E-state index contributed by atoms with van der Waals surface area (Å²) in [6, 6.07) is 1.24. The number of urea groups is 1. The maximum absolute atomic E-state index is 12.0. The van der Waals surface area contributed by atoms with E-state index in [0.717, 1.165) is 32.5 Å². The Kier molecular flexibility index (Phi) is 5.29. The number of likely N-dealkylation sites (tertiary alicyclic amines) is 1. The highest BCUT2D eigenvalue weighted by Gasteiger charge is 2.24. The second-order valence-electron chi connectivity index (χ2n) is 5.65. The minimum absolute atomic E-state index is 0.164. The van der Waals surface area contributed by atoms with E-state index in [4.69, 9.17) is 0 Å². The Morgan fingerprint density at radius 3 is 2.33 bits per heavy atom. The van der Waals surface area contributed by atoms with Crippen LogP contribution in [0.4, 0.5) is 4.79 Å². The van der Waals surface area contributed by atoms with E-state index in [0.29, 0.717) is 12.1 Å². The first-order valence-corrected chi connectivity index (χ1v) is 7.58. The standard InChI is InChI=1S/C14H27N3O/c1-2-9-15-12-5-7-13(8-6-12)16-14(18)17-10-3-4-11-17/h12-13,15H,2-11H2,1H3,(H,16,18). The Labute approximate surface area is 110 Å². The third-order valence-corrected chi connectivity index (χ3v) is 4.13. The van der Waals surface area contributed by atoms with Crippen molar-refractivity contribution in [3.05, 3.63) is 0 Å². The number of hydrogen-bond donors (Lipinski definition) is 2. The Morgan fingerprint density at radius 1 is 1.11 bits per heavy atom. The number of nitrogens with one attached hydrogen (secondary N) is 2. The van der Waals surface area contributed by atoms with Gasteiger partial charge in [-0.3, -0.25) is 0 Å². The van der Waals surface area contributed by atoms with Crippen LogP contribution >= 0.6 is 0 Å². The van der Waals surface area contributed by atoms with E-state index in [1.807, 2.05) is 4.90 Å². The fraction of sp³-hybridized carbons (Fsp3) is 0.929. The normalized spacial score (nSPS) is 28.4. The molecule has 0 atom stereocenters. The number of nitrogens with zero attached hydrogens (tertiary/aromatic N) is 1. The molecule has 2 fully saturated rings. The van der Waals surface area contributed by atoms with Crippen molar-refractivity contribution in [1.29, 1.82) is 0 Å². The zero-order valence-corrected chi connectivity index (χ0v) is 11.6. The summed E-state index contributed by atoms with van der Waals surface area (Å²) in [7, 11) is 0. The van der Waals surface area contributed by atoms with Crippen LogP contribution in [0.3, 0.4) is 0 Å². The molecule has 4 heteroatoms. The van der Waals surface area contributed by atoms with Gasteiger partial charge in [0.25, 0.3) is 0 Å². The highest BCUT2D eigenvalue weighted by atomic mass is 16.2. The summed E-state index contributed by atoms with van der Waals surface area (Å²) in [6.45, 7) is 5.21. The molecule has 2 rings (SSSR count). The van der Waals surface area contributed by atoms with E-state index < -0.39 is 0 Å². The lowest BCUT2D eigenvalue weighted by Gasteiger charge is -2.31. The van der Waals surface area contributed by atoms with Crippen molar-refractivity contribution in [2.45, 2.75) is 64.0 Å². The van der Waals surface area contributed by atoms with Gasteiger partial charge in [0.1, 0.15) is 0 Å². The van der Waals surface area contributed by atoms with Crippen molar-refractivity contribution in [3.63, 3.8) is 0 Å². The quantitative estimate of drug-likeness (QED) is 0.806. The summed E-state index contributed by atoms with van der Waals surface area (Å²) >= 11 is 0. The maximum Gasteiger partial charge on any atom is 0.317 e. The van der Waals surface area contributed by atoms with Crippen LogP contribution in [0.5, 0.6) is 0 Å². The minimum atomic E-state index is 0.164. The topological polar surface area (TPSA) is 44.4 Å². The first kappa shape index (κ1) is 13.7. The summed E-state index contributed by atoms with van der Waals surface area (Å²) in [5, 5.41) is 6.77. The SMILES string of the molecule is CCCNC1CCC(NC(=O)N2CCCC2)CC1. The molecule has 0 radical (unpaired) electrons. The predicted molar refractivity (Wildman–Crippen MR) is 73.7 cm³/mol. The summed E-state index contributed by atoms with van der Waals surface area (Å²) in [5.41, 5.74) is 0. The predicted octanol–water partition coefficient (Wildman–Crippen LogP) is 2.10. The van der Waals surface area contributed by atoms with E-state index in [2.05, 4.69) is 17.6 Å². The van der Waals surface area contributed by atoms with Crippen LogP contribution in [0.25, 0.3) is 0 Å². The van der Waals surface area contributed by atoms with E-state index in [1.54, 1.807) is 0 Å². The molecule has 0 aromatic rings. The van der Waals surface area contributed by atoms with Gasteiger partial charge in [-0.25, -0.2) is 4.79 Å². The Morgan fingerprint density at radius 2 is 1.72 bits per heavy atom. The highest BCUT2D eigenvalue weighted by Crippen LogP contribution is 2.19. The van der Waals surface area contributed by atoms with E-state index >= 15 is 0 Å². The molecule has 0 aromatic heterocycles. The number of carbonyl (C=O) groups is 1. The molecule has 2 amide bonds. The fourth-order valence-corrected chi connectivity index (χ4v) is 2.98. The van der Waals surface area contributed by atoms with Gasteiger partial charge in [0, 0.05) is 25.2 Å². The smallest absolute Gasteiger partial charge is 0.317 e. The Hall–Kier alpha value is -0.770. The Bertz CT molecular complexity index is 256. The molecule has 18 heavy (non-hydrogen) atoms. The number of hydrogen-bond acceptors (Lipinski definition) is 2. The lowest BCUT2D eigenvalue weighted by molar-refractivity contribution is 0.198. The average Bonchev–Trinajstić information content (AvgIpc) is 2.92. The highest BCUT2D eigenvalue weighted by molar-refractivity contribution is 5.74. The van der Waals surface area contributed by atoms with Crippen LogP contribution in [-0.4, -0.2) is 42.6 Å². The lowest BCUT2D eigenvalue weighted by atomic mass is 9.91. The lowest BCUT2D eigenvalue weighted by Crippen LogP contribution is -2.46. The van der Waals surface area contributed by atoms with Crippen molar-refractivity contribution < 1.29 is 4.79 Å². The van der Waals surface area contributed by atoms with Crippen LogP contribution in [0.15, 0.2) is 0 Å². The maximum atomic E-state index is 12.0. The number of amides is 2. The molecule has 1 saturated carbocycles. The second kappa shape index (κ2) is 6.98. The molecule has 0 spiro atoms. The van der Waals surface area contributed by atoms with Gasteiger partial charge in [0.15, 0.2) is 0 Å². The molecule has 104 valence electrons. The number of rotatable bonds is 4. The molecular weight excluding hydrogens is 226 g/mol. The van der Waals surface area contributed by atoms with Gasteiger partial charge >= 0.3 is 6.03 Å². The van der Waals surface area contributed by atoms with E-state index in [1.165, 1.54) is 32.1 Å². The zero-order valence-electron chi connectivity index (χ0n) is 11.6. The molecule has 0 unspecified atom stereocenters. The molecule has 1 aliphatic heterocycles. The van der Waals surface area contributed by atoms with Crippen LogP contribution in [-0.2, 0) is 0 Å². The van der Waals surface area contributed by atoms with Crippen LogP contribution in [0, 0.1) is 0 Å². The van der Waals surface area contributed by atoms with Crippen molar-refractivity contribution >= 4 is 6.03 Å². The van der Waals surface area contributed by atoms with Crippen LogP contribution in [0.1, 0.15) is 51.9 Å². The fourth-order valence-electron chi connectivity index (χ4n) is 2.98. The van der Waals surface area contributed by atoms with Crippen molar-refractivity contribution in [2.75, 3.05) is 19.6 Å². The zero-order chi connectivity index (χ0) is 12.8. The van der Waals surface area contributed by atoms with Gasteiger partial charge in [0.2, 0.25) is 0 Å². The summed E-state index contributed by atoms with van der Waals surface area (Å²) in [6.07, 6.45) is 8.19. The summed E-state index contributed by atoms with van der Waals surface area (Å²) < 4.78 is 0. The van der Waals surface area contributed by atoms with Gasteiger partial charge in [-0.05, 0) is 51.5 Å². The molecule has 1 saturated heterocycles. The largest absolute Gasteiger partial charge is 0.335 e. The second-order valence-corrected chi connectivity index (χ2v) is 5.65. The molecule has 1 aliphatic carbocycles. The van der Waals surface area contributed by atoms with E-state index in [9.17, 15) is 4.79 Å². The molecule has 1 heterocycles. The van der Waals surface area contributed by atoms with Gasteiger partial charge in [-0.2, -0.15) is 0 Å². The third-order valence-electron chi connectivity index (χ3n) is 4.13. The van der Waals surface area contributed by atoms with Crippen LogP contribution in [0.2, 0.25) is 0 Å².